The van der Waals surface area contributed by atoms with E-state index in [-0.39, 0.29) is 75.5 Å². The normalized spacial score (nSPS) is 13.0. The van der Waals surface area contributed by atoms with Crippen LogP contribution >= 0.6 is 0 Å². The third-order valence-corrected chi connectivity index (χ3v) is 16.7. The Labute approximate surface area is 666 Å². The number of nitrogens with zero attached hydrogens (tertiary/aromatic N) is 4. The van der Waals surface area contributed by atoms with Crippen LogP contribution in [0.25, 0.3) is 21.3 Å². The van der Waals surface area contributed by atoms with Gasteiger partial charge < -0.3 is 30.7 Å². The second-order valence-corrected chi connectivity index (χ2v) is 28.0. The molecule has 2 saturated heterocycles. The second-order valence-electron chi connectivity index (χ2n) is 28.0. The first-order chi connectivity index (χ1) is 46.9. The molecule has 0 atom stereocenters. The maximum Gasteiger partial charge on any atom is 2.00 e. The van der Waals surface area contributed by atoms with Gasteiger partial charge in [-0.2, -0.15) is 11.4 Å². The Balaban J connectivity index is 0.000000345. The molecule has 2 fully saturated rings. The maximum atomic E-state index is 5.10. The van der Waals surface area contributed by atoms with E-state index in [2.05, 4.69) is 244 Å². The minimum atomic E-state index is 0. The van der Waals surface area contributed by atoms with Crippen molar-refractivity contribution >= 4 is 132 Å². The number of ether oxygens (including phenoxy) is 2. The van der Waals surface area contributed by atoms with E-state index in [1.807, 2.05) is 121 Å². The molecule has 0 aliphatic carbocycles. The number of rotatable bonds is 20. The average molecular weight is 1400 g/mol. The first-order valence-corrected chi connectivity index (χ1v) is 36.3. The molecule has 8 aromatic rings. The molecule has 8 aromatic carbocycles. The molecule has 10 rings (SSSR count). The van der Waals surface area contributed by atoms with E-state index in [0.29, 0.717) is 47.3 Å². The van der Waals surface area contributed by atoms with Crippen LogP contribution in [-0.4, -0.2) is 113 Å². The van der Waals surface area contributed by atoms with Crippen molar-refractivity contribution in [2.24, 2.45) is 0 Å². The molecule has 8 nitrogen and oxygen atoms in total. The number of nitrogens with one attached hydrogen (secondary N) is 2. The fourth-order valence-electron chi connectivity index (χ4n) is 11.5. The van der Waals surface area contributed by atoms with Crippen molar-refractivity contribution in [2.75, 3.05) is 26.4 Å². The summed E-state index contributed by atoms with van der Waals surface area (Å²) >= 11 is 0. The van der Waals surface area contributed by atoms with Crippen molar-refractivity contribution in [1.29, 1.82) is 0 Å². The summed E-state index contributed by atoms with van der Waals surface area (Å²) < 4.78 is 9.89. The summed E-state index contributed by atoms with van der Waals surface area (Å²) in [5.74, 6) is 3.65. The van der Waals surface area contributed by atoms with Crippen LogP contribution in [0, 0.1) is 0 Å². The molecule has 0 aromatic heterocycles. The quantitative estimate of drug-likeness (QED) is 0.0586. The molecule has 524 valence electrons. The molecule has 2 aliphatic heterocycles. The fourth-order valence-corrected chi connectivity index (χ4v) is 11.5. The van der Waals surface area contributed by atoms with Crippen LogP contribution in [0.1, 0.15) is 256 Å². The van der Waals surface area contributed by atoms with E-state index in [4.69, 9.17) is 20.1 Å². The molecule has 0 amide bonds. The van der Waals surface area contributed by atoms with E-state index in [9.17, 15) is 0 Å². The van der Waals surface area contributed by atoms with Crippen LogP contribution in [0.15, 0.2) is 218 Å². The van der Waals surface area contributed by atoms with Crippen LogP contribution in [0.5, 0.6) is 0 Å². The summed E-state index contributed by atoms with van der Waals surface area (Å²) in [7, 11) is 0. The summed E-state index contributed by atoms with van der Waals surface area (Å²) in [6, 6.07) is 66.3. The van der Waals surface area contributed by atoms with Crippen LogP contribution in [0.2, 0.25) is 0 Å². The zero-order valence-electron chi connectivity index (χ0n) is 64.9. The van der Waals surface area contributed by atoms with Gasteiger partial charge in [-0.15, -0.1) is 34.1 Å². The third kappa shape index (κ3) is 31.4. The van der Waals surface area contributed by atoms with Gasteiger partial charge in [0.1, 0.15) is 0 Å². The molecular formula is C90H120Ca2N6O2+2. The molecule has 0 spiro atoms. The van der Waals surface area contributed by atoms with E-state index >= 15 is 0 Å². The van der Waals surface area contributed by atoms with Crippen LogP contribution < -0.4 is 9.98 Å². The molecule has 2 heterocycles. The average Bonchev–Trinajstić information content (AvgIpc) is 0.852. The van der Waals surface area contributed by atoms with Gasteiger partial charge in [0.2, 0.25) is 11.4 Å². The number of para-hydroxylation sites is 8. The Morgan fingerprint density at radius 1 is 0.290 bits per heavy atom. The Hall–Kier alpha value is -5.78. The minimum Gasteiger partial charge on any atom is -0.661 e. The zero-order chi connectivity index (χ0) is 71.5. The molecule has 0 radical (unpaired) electrons. The van der Waals surface area contributed by atoms with Gasteiger partial charge in [-0.05, 0) is 85.2 Å². The van der Waals surface area contributed by atoms with Gasteiger partial charge in [0.15, 0.2) is 11.4 Å². The van der Waals surface area contributed by atoms with E-state index in [1.165, 1.54) is 81.6 Å². The van der Waals surface area contributed by atoms with Crippen molar-refractivity contribution < 1.29 is 19.5 Å². The van der Waals surface area contributed by atoms with Crippen LogP contribution in [-0.2, 0) is 9.47 Å². The Bertz CT molecular complexity index is 3260. The third-order valence-electron chi connectivity index (χ3n) is 16.7. The fraction of sp³-hybridized carbons (Fsp3) is 0.400. The Kier molecular flexibility index (Phi) is 42.6. The molecule has 0 unspecified atom stereocenters. The summed E-state index contributed by atoms with van der Waals surface area (Å²) in [5, 5.41) is 19.1. The Morgan fingerprint density at radius 3 is 0.670 bits per heavy atom. The summed E-state index contributed by atoms with van der Waals surface area (Å²) in [4.78, 5) is 7.43. The number of benzene rings is 8. The smallest absolute Gasteiger partial charge is 0.661 e. The largest absolute Gasteiger partial charge is 2.00 e. The van der Waals surface area contributed by atoms with Gasteiger partial charge in [0, 0.05) is 62.5 Å². The van der Waals surface area contributed by atoms with Crippen molar-refractivity contribution in [3.05, 3.63) is 283 Å². The molecule has 2 N–H and O–H groups in total. The minimum absolute atomic E-state index is 0. The summed E-state index contributed by atoms with van der Waals surface area (Å²) in [6.45, 7) is 48.5. The number of hydrogen-bond donors (Lipinski definition) is 2. The van der Waals surface area contributed by atoms with Crippen molar-refractivity contribution in [2.45, 2.75) is 212 Å². The molecule has 0 bridgehead atoms. The number of hydrogen-bond acceptors (Lipinski definition) is 2. The first-order valence-electron chi connectivity index (χ1n) is 36.3. The first kappa shape index (κ1) is 88.4. The van der Waals surface area contributed by atoms with Crippen molar-refractivity contribution in [1.82, 2.24) is 0 Å². The topological polar surface area (TPSA) is 103 Å². The van der Waals surface area contributed by atoms with Gasteiger partial charge in [0.05, 0.1) is 0 Å². The standard InChI is InChI=1S/2C29H41N2.2C12H10N.2C4H8O.2Ca/c2*1-18(2)24-13-11-14-25(19(3)4)28(24)30-22(9)17-23(10)31-29-26(20(5)6)15-12-16-27(29)21(7)8;2*1-3-7-11(8-4-1)13-12-9-5-2-6-10-12;2*1-2-4-5-3-1;;/h2*11-21H,1-10H3;2*1-10H;2*1-4H2;;/q4*-1;;;2*+2/p+2/b2*22-17-,31-23?;;;;;;. The molecule has 10 heteroatoms. The van der Waals surface area contributed by atoms with Gasteiger partial charge in [0.25, 0.3) is 0 Å². The number of allylic oxidation sites excluding steroid dienone is 4. The molecular weight excluding hydrogens is 1280 g/mol. The molecule has 0 saturated carbocycles. The zero-order valence-corrected chi connectivity index (χ0v) is 69.3. The van der Waals surface area contributed by atoms with Crippen molar-refractivity contribution in [3.63, 3.8) is 0 Å². The maximum absolute atomic E-state index is 5.10. The van der Waals surface area contributed by atoms with E-state index in [1.54, 1.807) is 0 Å². The predicted octanol–water partition coefficient (Wildman–Crippen LogP) is 24.8. The predicted molar refractivity (Wildman–Crippen MR) is 437 cm³/mol. The summed E-state index contributed by atoms with van der Waals surface area (Å²) in [6.07, 6.45) is 9.45. The molecule has 100 heavy (non-hydrogen) atoms. The SMILES string of the molecule is C1CCOC1.C1CCOC1.CC(/C=C(/C)[N-]c1c(C(C)C)cccc1C(C)C)=[NH+]c1c(C(C)C)cccc1C(C)C.CC(/C=C(/C)[N-]c1c(C(C)C)cccc1C(C)C)=[NH+]c1c(C(C)C)cccc1C(C)C.[Ca+2].[Ca+2].c1ccc([N-]c2ccccc2)cc1.c1ccc([N-]c2ccccc2)cc1. The van der Waals surface area contributed by atoms with Crippen LogP contribution in [0.3, 0.4) is 0 Å². The monoisotopic (exact) mass is 1400 g/mol. The second kappa shape index (κ2) is 48.2. The van der Waals surface area contributed by atoms with Gasteiger partial charge >= 0.3 is 75.5 Å². The molecule has 2 aliphatic rings. The summed E-state index contributed by atoms with van der Waals surface area (Å²) in [5.41, 5.74) is 23.7. The van der Waals surface area contributed by atoms with Crippen LogP contribution in [0.4, 0.5) is 45.5 Å². The van der Waals surface area contributed by atoms with E-state index < -0.39 is 0 Å². The van der Waals surface area contributed by atoms with E-state index in [0.717, 1.165) is 83.4 Å². The van der Waals surface area contributed by atoms with Gasteiger partial charge in [-0.1, -0.05) is 341 Å². The van der Waals surface area contributed by atoms with Gasteiger partial charge in [-0.3, -0.25) is 0 Å². The van der Waals surface area contributed by atoms with Crippen molar-refractivity contribution in [3.8, 4) is 0 Å². The Morgan fingerprint density at radius 2 is 0.490 bits per heavy atom. The van der Waals surface area contributed by atoms with Gasteiger partial charge in [-0.25, -0.2) is 9.98 Å².